The van der Waals surface area contributed by atoms with Gasteiger partial charge in [0.2, 0.25) is 0 Å². The number of hydrogen-bond acceptors (Lipinski definition) is 0. The van der Waals surface area contributed by atoms with E-state index >= 15 is 0 Å². The third-order valence-electron chi connectivity index (χ3n) is 4.08. The molecule has 1 fully saturated rings. The Hall–Kier alpha value is -0.720. The predicted octanol–water partition coefficient (Wildman–Crippen LogP) is 3.71. The Morgan fingerprint density at radius 2 is 1.64 bits per heavy atom. The molecule has 0 aliphatic heterocycles. The molecule has 0 bridgehead atoms. The maximum Gasteiger partial charge on any atom is 0.0363 e. The van der Waals surface area contributed by atoms with Crippen LogP contribution in [0.15, 0.2) is 12.1 Å². The fourth-order valence-electron chi connectivity index (χ4n) is 2.91. The molecule has 0 N–H and O–H groups in total. The van der Waals surface area contributed by atoms with Gasteiger partial charge in [-0.3, -0.25) is 0 Å². The number of hydrogen-bond donors (Lipinski definition) is 0. The molecular formula is C13H21N. The molecule has 1 heterocycles. The predicted molar refractivity (Wildman–Crippen MR) is 60.5 cm³/mol. The van der Waals surface area contributed by atoms with Crippen molar-refractivity contribution >= 4 is 0 Å². The first-order chi connectivity index (χ1) is 6.61. The largest absolute Gasteiger partial charge is 0.346 e. The Bertz CT molecular complexity index is 304. The monoisotopic (exact) mass is 191 g/mol. The third-order valence-corrected chi connectivity index (χ3v) is 4.08. The fraction of sp³-hybridized carbons (Fsp3) is 0.692. The Morgan fingerprint density at radius 3 is 2.07 bits per heavy atom. The van der Waals surface area contributed by atoms with E-state index in [1.54, 1.807) is 0 Å². The van der Waals surface area contributed by atoms with Gasteiger partial charge in [-0.15, -0.1) is 0 Å². The van der Waals surface area contributed by atoms with Crippen molar-refractivity contribution in [1.82, 2.24) is 4.57 Å². The average molecular weight is 191 g/mol. The van der Waals surface area contributed by atoms with Crippen LogP contribution in [0.3, 0.4) is 0 Å². The fourth-order valence-corrected chi connectivity index (χ4v) is 2.91. The summed E-state index contributed by atoms with van der Waals surface area (Å²) in [6.45, 7) is 9.24. The highest BCUT2D eigenvalue weighted by Gasteiger charge is 2.31. The van der Waals surface area contributed by atoms with E-state index in [0.717, 1.165) is 17.9 Å². The van der Waals surface area contributed by atoms with Gasteiger partial charge in [0.15, 0.2) is 0 Å². The molecule has 0 spiro atoms. The summed E-state index contributed by atoms with van der Waals surface area (Å²) in [5.74, 6) is 1.72. The lowest BCUT2D eigenvalue weighted by Gasteiger charge is -2.23. The first kappa shape index (κ1) is 9.82. The highest BCUT2D eigenvalue weighted by atomic mass is 15.0. The standard InChI is InChI=1S/C13H21N/c1-9-5-8-13(12(9)4)14-10(2)6-7-11(14)3/h6-7,9,12-13H,5,8H2,1-4H3. The summed E-state index contributed by atoms with van der Waals surface area (Å²) in [6, 6.07) is 5.23. The van der Waals surface area contributed by atoms with E-state index in [9.17, 15) is 0 Å². The van der Waals surface area contributed by atoms with Gasteiger partial charge in [0, 0.05) is 17.4 Å². The summed E-state index contributed by atoms with van der Waals surface area (Å²) in [5, 5.41) is 0. The molecule has 1 aromatic heterocycles. The molecule has 0 saturated heterocycles. The lowest BCUT2D eigenvalue weighted by Crippen LogP contribution is -2.16. The molecule has 1 heteroatoms. The van der Waals surface area contributed by atoms with Crippen LogP contribution in [-0.2, 0) is 0 Å². The van der Waals surface area contributed by atoms with Crippen LogP contribution in [0, 0.1) is 25.7 Å². The maximum absolute atomic E-state index is 2.54. The van der Waals surface area contributed by atoms with E-state index in [0.29, 0.717) is 0 Å². The molecule has 3 atom stereocenters. The summed E-state index contributed by atoms with van der Waals surface area (Å²) in [7, 11) is 0. The van der Waals surface area contributed by atoms with Crippen molar-refractivity contribution in [2.24, 2.45) is 11.8 Å². The summed E-state index contributed by atoms with van der Waals surface area (Å²) in [4.78, 5) is 0. The van der Waals surface area contributed by atoms with Crippen LogP contribution >= 0.6 is 0 Å². The maximum atomic E-state index is 2.54. The van der Waals surface area contributed by atoms with Gasteiger partial charge in [0.1, 0.15) is 0 Å². The van der Waals surface area contributed by atoms with E-state index in [1.165, 1.54) is 24.2 Å². The molecule has 14 heavy (non-hydrogen) atoms. The first-order valence-electron chi connectivity index (χ1n) is 5.75. The SMILES string of the molecule is Cc1ccc(C)n1C1CCC(C)C1C. The van der Waals surface area contributed by atoms with Gasteiger partial charge in [-0.25, -0.2) is 0 Å². The number of nitrogens with zero attached hydrogens (tertiary/aromatic N) is 1. The molecule has 0 aromatic carbocycles. The summed E-state index contributed by atoms with van der Waals surface area (Å²) < 4.78 is 2.54. The molecule has 1 nitrogen and oxygen atoms in total. The second-order valence-corrected chi connectivity index (χ2v) is 4.97. The number of rotatable bonds is 1. The quantitative estimate of drug-likeness (QED) is 0.637. The minimum Gasteiger partial charge on any atom is -0.346 e. The average Bonchev–Trinajstić information content (AvgIpc) is 2.62. The lowest BCUT2D eigenvalue weighted by molar-refractivity contribution is 0.346. The Morgan fingerprint density at radius 1 is 1.07 bits per heavy atom. The van der Waals surface area contributed by atoms with Crippen molar-refractivity contribution in [2.45, 2.75) is 46.6 Å². The van der Waals surface area contributed by atoms with Crippen LogP contribution in [0.4, 0.5) is 0 Å². The first-order valence-corrected chi connectivity index (χ1v) is 5.75. The molecular weight excluding hydrogens is 170 g/mol. The molecule has 1 aliphatic carbocycles. The van der Waals surface area contributed by atoms with E-state index in [2.05, 4.69) is 44.4 Å². The van der Waals surface area contributed by atoms with Gasteiger partial charge < -0.3 is 4.57 Å². The molecule has 78 valence electrons. The summed E-state index contributed by atoms with van der Waals surface area (Å²) in [6.07, 6.45) is 2.75. The zero-order valence-corrected chi connectivity index (χ0v) is 9.75. The summed E-state index contributed by atoms with van der Waals surface area (Å²) >= 11 is 0. The molecule has 0 amide bonds. The highest BCUT2D eigenvalue weighted by Crippen LogP contribution is 2.41. The van der Waals surface area contributed by atoms with Crippen LogP contribution in [0.5, 0.6) is 0 Å². The van der Waals surface area contributed by atoms with E-state index < -0.39 is 0 Å². The minimum atomic E-state index is 0.750. The molecule has 2 rings (SSSR count). The molecule has 1 saturated carbocycles. The van der Waals surface area contributed by atoms with Crippen molar-refractivity contribution in [2.75, 3.05) is 0 Å². The normalized spacial score (nSPS) is 32.4. The molecule has 0 radical (unpaired) electrons. The van der Waals surface area contributed by atoms with Crippen LogP contribution < -0.4 is 0 Å². The van der Waals surface area contributed by atoms with E-state index in [4.69, 9.17) is 0 Å². The Kier molecular flexibility index (Phi) is 2.42. The van der Waals surface area contributed by atoms with Crippen LogP contribution in [0.25, 0.3) is 0 Å². The summed E-state index contributed by atoms with van der Waals surface area (Å²) in [5.41, 5.74) is 2.85. The van der Waals surface area contributed by atoms with Gasteiger partial charge in [-0.05, 0) is 50.7 Å². The lowest BCUT2D eigenvalue weighted by atomic mass is 9.97. The second kappa shape index (κ2) is 3.45. The molecule has 3 unspecified atom stereocenters. The zero-order valence-electron chi connectivity index (χ0n) is 9.75. The van der Waals surface area contributed by atoms with Gasteiger partial charge in [-0.1, -0.05) is 13.8 Å². The molecule has 1 aliphatic rings. The van der Waals surface area contributed by atoms with Crippen LogP contribution in [0.2, 0.25) is 0 Å². The topological polar surface area (TPSA) is 4.93 Å². The van der Waals surface area contributed by atoms with Crippen molar-refractivity contribution < 1.29 is 0 Å². The van der Waals surface area contributed by atoms with Crippen molar-refractivity contribution in [3.05, 3.63) is 23.5 Å². The van der Waals surface area contributed by atoms with Crippen LogP contribution in [-0.4, -0.2) is 4.57 Å². The van der Waals surface area contributed by atoms with Gasteiger partial charge >= 0.3 is 0 Å². The second-order valence-electron chi connectivity index (χ2n) is 4.97. The number of aryl methyl sites for hydroxylation is 2. The highest BCUT2D eigenvalue weighted by molar-refractivity contribution is 5.16. The third kappa shape index (κ3) is 1.39. The zero-order chi connectivity index (χ0) is 10.3. The van der Waals surface area contributed by atoms with E-state index in [1.807, 2.05) is 0 Å². The van der Waals surface area contributed by atoms with Gasteiger partial charge in [0.05, 0.1) is 0 Å². The molecule has 1 aromatic rings. The number of aromatic nitrogens is 1. The van der Waals surface area contributed by atoms with Crippen molar-refractivity contribution in [3.63, 3.8) is 0 Å². The van der Waals surface area contributed by atoms with Crippen LogP contribution in [0.1, 0.15) is 44.1 Å². The smallest absolute Gasteiger partial charge is 0.0363 e. The minimum absolute atomic E-state index is 0.750. The Balaban J connectivity index is 2.32. The Labute approximate surface area is 87.1 Å². The van der Waals surface area contributed by atoms with E-state index in [-0.39, 0.29) is 0 Å². The van der Waals surface area contributed by atoms with Crippen molar-refractivity contribution in [1.29, 1.82) is 0 Å². The van der Waals surface area contributed by atoms with Gasteiger partial charge in [-0.2, -0.15) is 0 Å². The van der Waals surface area contributed by atoms with Gasteiger partial charge in [0.25, 0.3) is 0 Å². The van der Waals surface area contributed by atoms with Crippen molar-refractivity contribution in [3.8, 4) is 0 Å².